The van der Waals surface area contributed by atoms with Crippen LogP contribution in [0.25, 0.3) is 0 Å². The summed E-state index contributed by atoms with van der Waals surface area (Å²) < 4.78 is 0. The minimum atomic E-state index is 0. The first-order chi connectivity index (χ1) is 4.33. The Morgan fingerprint density at radius 1 is 1.40 bits per heavy atom. The second kappa shape index (κ2) is 5.39. The number of halogens is 2. The average molecular weight is 229 g/mol. The third kappa shape index (κ3) is 3.22. The number of rotatable bonds is 1. The number of piperidine rings is 1. The maximum Gasteiger partial charge on any atom is 0.00606 e. The second-order valence-electron chi connectivity index (χ2n) is 2.90. The standard InChI is InChI=1S/C7H14BrN.ClH/c1-9-4-2-7(6-8)3-5-9;/h7H,2-6H2,1H3;1H. The van der Waals surface area contributed by atoms with Crippen molar-refractivity contribution in [2.75, 3.05) is 25.5 Å². The van der Waals surface area contributed by atoms with Gasteiger partial charge < -0.3 is 4.90 Å². The monoisotopic (exact) mass is 227 g/mol. The van der Waals surface area contributed by atoms with Crippen LogP contribution in [0.1, 0.15) is 12.8 Å². The van der Waals surface area contributed by atoms with E-state index in [1.807, 2.05) is 0 Å². The molecule has 0 unspecified atom stereocenters. The SMILES string of the molecule is CN1CCC(CBr)CC1.Cl. The minimum Gasteiger partial charge on any atom is -0.306 e. The van der Waals surface area contributed by atoms with Gasteiger partial charge in [-0.3, -0.25) is 0 Å². The Morgan fingerprint density at radius 3 is 2.30 bits per heavy atom. The Labute approximate surface area is 77.7 Å². The number of nitrogens with zero attached hydrogens (tertiary/aromatic N) is 1. The van der Waals surface area contributed by atoms with Crippen LogP contribution in [0.2, 0.25) is 0 Å². The molecule has 0 spiro atoms. The summed E-state index contributed by atoms with van der Waals surface area (Å²) in [5, 5.41) is 1.20. The normalized spacial score (nSPS) is 22.2. The van der Waals surface area contributed by atoms with Gasteiger partial charge in [0.25, 0.3) is 0 Å². The number of alkyl halides is 1. The summed E-state index contributed by atoms with van der Waals surface area (Å²) in [4.78, 5) is 2.40. The minimum absolute atomic E-state index is 0. The molecule has 0 aliphatic carbocycles. The average Bonchev–Trinajstić information content (AvgIpc) is 1.90. The quantitative estimate of drug-likeness (QED) is 0.622. The molecule has 0 saturated carbocycles. The molecule has 0 atom stereocenters. The molecule has 62 valence electrons. The molecule has 10 heavy (non-hydrogen) atoms. The van der Waals surface area contributed by atoms with E-state index in [9.17, 15) is 0 Å². The summed E-state index contributed by atoms with van der Waals surface area (Å²) >= 11 is 3.51. The molecule has 1 heterocycles. The van der Waals surface area contributed by atoms with Crippen LogP contribution in [-0.2, 0) is 0 Å². The molecule has 0 amide bonds. The van der Waals surface area contributed by atoms with E-state index in [0.717, 1.165) is 5.92 Å². The van der Waals surface area contributed by atoms with Crippen molar-refractivity contribution < 1.29 is 0 Å². The molecular weight excluding hydrogens is 213 g/mol. The Morgan fingerprint density at radius 2 is 1.90 bits per heavy atom. The molecule has 0 N–H and O–H groups in total. The number of hydrogen-bond donors (Lipinski definition) is 0. The first-order valence-corrected chi connectivity index (χ1v) is 4.69. The lowest BCUT2D eigenvalue weighted by Crippen LogP contribution is -2.30. The molecule has 1 rings (SSSR count). The molecule has 0 radical (unpaired) electrons. The molecule has 3 heteroatoms. The smallest absolute Gasteiger partial charge is 0.00606 e. The van der Waals surface area contributed by atoms with Crippen molar-refractivity contribution in [2.24, 2.45) is 5.92 Å². The highest BCUT2D eigenvalue weighted by Crippen LogP contribution is 2.17. The molecule has 0 aromatic carbocycles. The third-order valence-electron chi connectivity index (χ3n) is 2.06. The number of likely N-dealkylation sites (tertiary alicyclic amines) is 1. The van der Waals surface area contributed by atoms with Gasteiger partial charge in [-0.15, -0.1) is 12.4 Å². The van der Waals surface area contributed by atoms with Crippen molar-refractivity contribution >= 4 is 28.3 Å². The molecule has 1 saturated heterocycles. The molecule has 1 nitrogen and oxygen atoms in total. The summed E-state index contributed by atoms with van der Waals surface area (Å²) in [5.41, 5.74) is 0. The van der Waals surface area contributed by atoms with Crippen molar-refractivity contribution in [1.29, 1.82) is 0 Å². The maximum atomic E-state index is 3.51. The van der Waals surface area contributed by atoms with Gasteiger partial charge >= 0.3 is 0 Å². The van der Waals surface area contributed by atoms with Crippen LogP contribution >= 0.6 is 28.3 Å². The summed E-state index contributed by atoms with van der Waals surface area (Å²) in [7, 11) is 2.20. The van der Waals surface area contributed by atoms with E-state index in [0.29, 0.717) is 0 Å². The predicted molar refractivity (Wildman–Crippen MR) is 51.3 cm³/mol. The zero-order valence-corrected chi connectivity index (χ0v) is 8.75. The Hall–Kier alpha value is 0.730. The third-order valence-corrected chi connectivity index (χ3v) is 2.97. The van der Waals surface area contributed by atoms with Gasteiger partial charge in [-0.05, 0) is 38.9 Å². The lowest BCUT2D eigenvalue weighted by molar-refractivity contribution is 0.233. The van der Waals surface area contributed by atoms with Crippen LogP contribution in [0.3, 0.4) is 0 Å². The molecule has 0 bridgehead atoms. The van der Waals surface area contributed by atoms with Gasteiger partial charge in [0.2, 0.25) is 0 Å². The fraction of sp³-hybridized carbons (Fsp3) is 1.00. The van der Waals surface area contributed by atoms with Crippen LogP contribution < -0.4 is 0 Å². The number of hydrogen-bond acceptors (Lipinski definition) is 1. The summed E-state index contributed by atoms with van der Waals surface area (Å²) in [6.07, 6.45) is 2.75. The van der Waals surface area contributed by atoms with Crippen LogP contribution in [0.15, 0.2) is 0 Å². The second-order valence-corrected chi connectivity index (χ2v) is 3.55. The highest BCUT2D eigenvalue weighted by molar-refractivity contribution is 9.09. The van der Waals surface area contributed by atoms with E-state index in [4.69, 9.17) is 0 Å². The van der Waals surface area contributed by atoms with E-state index in [1.54, 1.807) is 0 Å². The summed E-state index contributed by atoms with van der Waals surface area (Å²) in [6, 6.07) is 0. The fourth-order valence-corrected chi connectivity index (χ4v) is 1.86. The predicted octanol–water partition coefficient (Wildman–Crippen LogP) is 2.14. The van der Waals surface area contributed by atoms with Crippen molar-refractivity contribution in [2.45, 2.75) is 12.8 Å². The molecule has 0 aromatic rings. The van der Waals surface area contributed by atoms with Gasteiger partial charge in [-0.2, -0.15) is 0 Å². The Kier molecular flexibility index (Phi) is 5.78. The highest BCUT2D eigenvalue weighted by Gasteiger charge is 2.14. The molecular formula is C7H15BrClN. The maximum absolute atomic E-state index is 3.51. The zero-order chi connectivity index (χ0) is 6.69. The van der Waals surface area contributed by atoms with Crippen LogP contribution in [-0.4, -0.2) is 30.4 Å². The van der Waals surface area contributed by atoms with Crippen LogP contribution in [0, 0.1) is 5.92 Å². The van der Waals surface area contributed by atoms with E-state index in [2.05, 4.69) is 27.9 Å². The van der Waals surface area contributed by atoms with Crippen molar-refractivity contribution in [3.05, 3.63) is 0 Å². The largest absolute Gasteiger partial charge is 0.306 e. The first-order valence-electron chi connectivity index (χ1n) is 3.57. The van der Waals surface area contributed by atoms with Gasteiger partial charge in [0.15, 0.2) is 0 Å². The topological polar surface area (TPSA) is 3.24 Å². The van der Waals surface area contributed by atoms with Crippen molar-refractivity contribution in [1.82, 2.24) is 4.90 Å². The summed E-state index contributed by atoms with van der Waals surface area (Å²) in [6.45, 7) is 2.58. The van der Waals surface area contributed by atoms with E-state index >= 15 is 0 Å². The van der Waals surface area contributed by atoms with Gasteiger partial charge in [-0.1, -0.05) is 15.9 Å². The lowest BCUT2D eigenvalue weighted by atomic mass is 10.00. The fourth-order valence-electron chi connectivity index (χ4n) is 1.22. The van der Waals surface area contributed by atoms with Crippen molar-refractivity contribution in [3.8, 4) is 0 Å². The van der Waals surface area contributed by atoms with Gasteiger partial charge in [0.1, 0.15) is 0 Å². The molecule has 0 aromatic heterocycles. The van der Waals surface area contributed by atoms with Crippen molar-refractivity contribution in [3.63, 3.8) is 0 Å². The first kappa shape index (κ1) is 10.7. The zero-order valence-electron chi connectivity index (χ0n) is 6.35. The van der Waals surface area contributed by atoms with Gasteiger partial charge in [0, 0.05) is 5.33 Å². The van der Waals surface area contributed by atoms with E-state index in [-0.39, 0.29) is 12.4 Å². The molecule has 1 fully saturated rings. The van der Waals surface area contributed by atoms with Gasteiger partial charge in [-0.25, -0.2) is 0 Å². The molecule has 1 aliphatic rings. The Balaban J connectivity index is 0.000000810. The van der Waals surface area contributed by atoms with Gasteiger partial charge in [0.05, 0.1) is 0 Å². The van der Waals surface area contributed by atoms with Crippen LogP contribution in [0.4, 0.5) is 0 Å². The summed E-state index contributed by atoms with van der Waals surface area (Å²) in [5.74, 6) is 0.946. The van der Waals surface area contributed by atoms with E-state index in [1.165, 1.54) is 31.3 Å². The highest BCUT2D eigenvalue weighted by atomic mass is 79.9. The molecule has 1 aliphatic heterocycles. The Bertz CT molecular complexity index is 81.7. The van der Waals surface area contributed by atoms with E-state index < -0.39 is 0 Å². The lowest BCUT2D eigenvalue weighted by Gasteiger charge is -2.27. The van der Waals surface area contributed by atoms with Crippen LogP contribution in [0.5, 0.6) is 0 Å².